The second-order valence-corrected chi connectivity index (χ2v) is 5.28. The molecule has 0 bridgehead atoms. The molecule has 0 spiro atoms. The highest BCUT2D eigenvalue weighted by Gasteiger charge is 2.12. The maximum Gasteiger partial charge on any atom is 0.244 e. The molecule has 0 unspecified atom stereocenters. The van der Waals surface area contributed by atoms with Crippen molar-refractivity contribution in [3.63, 3.8) is 0 Å². The van der Waals surface area contributed by atoms with E-state index in [1.54, 1.807) is 17.4 Å². The number of hydrogen-bond acceptors (Lipinski definition) is 4. The molecular weight excluding hydrogens is 274 g/mol. The van der Waals surface area contributed by atoms with Crippen molar-refractivity contribution in [1.82, 2.24) is 5.32 Å². The highest BCUT2D eigenvalue weighted by molar-refractivity contribution is 7.09. The van der Waals surface area contributed by atoms with Crippen LogP contribution in [-0.4, -0.2) is 12.7 Å². The molecule has 1 aliphatic rings. The van der Waals surface area contributed by atoms with E-state index >= 15 is 0 Å². The molecule has 1 aromatic carbocycles. The highest BCUT2D eigenvalue weighted by atomic mass is 32.1. The SMILES string of the molecule is O=C(/C=C\c1ccc2c(c1)OCO2)NCc1cccs1. The lowest BCUT2D eigenvalue weighted by Gasteiger charge is -2.00. The predicted octanol–water partition coefficient (Wildman–Crippen LogP) is 2.81. The third kappa shape index (κ3) is 3.00. The maximum atomic E-state index is 11.7. The zero-order chi connectivity index (χ0) is 13.8. The van der Waals surface area contributed by atoms with Crippen molar-refractivity contribution in [1.29, 1.82) is 0 Å². The molecule has 1 aromatic heterocycles. The van der Waals surface area contributed by atoms with Crippen molar-refractivity contribution >= 4 is 23.3 Å². The summed E-state index contributed by atoms with van der Waals surface area (Å²) in [6, 6.07) is 9.54. The van der Waals surface area contributed by atoms with E-state index in [4.69, 9.17) is 9.47 Å². The fourth-order valence-corrected chi connectivity index (χ4v) is 2.48. The van der Waals surface area contributed by atoms with E-state index in [1.807, 2.05) is 35.7 Å². The third-order valence-corrected chi connectivity index (χ3v) is 3.72. The summed E-state index contributed by atoms with van der Waals surface area (Å²) < 4.78 is 10.5. The normalized spacial score (nSPS) is 12.8. The fourth-order valence-electron chi connectivity index (χ4n) is 1.84. The van der Waals surface area contributed by atoms with Crippen LogP contribution < -0.4 is 14.8 Å². The number of carbonyl (C=O) groups is 1. The van der Waals surface area contributed by atoms with Gasteiger partial charge < -0.3 is 14.8 Å². The van der Waals surface area contributed by atoms with Crippen LogP contribution in [0.1, 0.15) is 10.4 Å². The van der Waals surface area contributed by atoms with Crippen LogP contribution in [0.2, 0.25) is 0 Å². The molecule has 102 valence electrons. The van der Waals surface area contributed by atoms with Gasteiger partial charge in [0.1, 0.15) is 0 Å². The van der Waals surface area contributed by atoms with E-state index < -0.39 is 0 Å². The van der Waals surface area contributed by atoms with Crippen LogP contribution in [-0.2, 0) is 11.3 Å². The molecule has 0 aliphatic carbocycles. The van der Waals surface area contributed by atoms with Gasteiger partial charge in [-0.3, -0.25) is 4.79 Å². The molecule has 3 rings (SSSR count). The average molecular weight is 287 g/mol. The summed E-state index contributed by atoms with van der Waals surface area (Å²) in [6.45, 7) is 0.811. The monoisotopic (exact) mass is 287 g/mol. The minimum absolute atomic E-state index is 0.115. The molecule has 1 N–H and O–H groups in total. The van der Waals surface area contributed by atoms with E-state index in [9.17, 15) is 4.79 Å². The lowest BCUT2D eigenvalue weighted by molar-refractivity contribution is -0.116. The van der Waals surface area contributed by atoms with E-state index in [2.05, 4.69) is 5.32 Å². The van der Waals surface area contributed by atoms with E-state index in [-0.39, 0.29) is 12.7 Å². The third-order valence-electron chi connectivity index (χ3n) is 2.84. The Bertz CT molecular complexity index is 635. The Morgan fingerprint density at radius 3 is 3.05 bits per heavy atom. The Morgan fingerprint density at radius 1 is 1.30 bits per heavy atom. The van der Waals surface area contributed by atoms with E-state index in [1.165, 1.54) is 6.08 Å². The number of rotatable bonds is 4. The van der Waals surface area contributed by atoms with Gasteiger partial charge in [-0.25, -0.2) is 0 Å². The number of carbonyl (C=O) groups excluding carboxylic acids is 1. The summed E-state index contributed by atoms with van der Waals surface area (Å²) in [4.78, 5) is 12.8. The number of thiophene rings is 1. The van der Waals surface area contributed by atoms with Crippen LogP contribution in [0, 0.1) is 0 Å². The molecule has 20 heavy (non-hydrogen) atoms. The summed E-state index contributed by atoms with van der Waals surface area (Å²) in [6.07, 6.45) is 3.27. The van der Waals surface area contributed by atoms with Crippen molar-refractivity contribution in [2.45, 2.75) is 6.54 Å². The van der Waals surface area contributed by atoms with Crippen molar-refractivity contribution in [2.75, 3.05) is 6.79 Å². The molecule has 2 heterocycles. The lowest BCUT2D eigenvalue weighted by atomic mass is 10.2. The molecule has 0 fully saturated rings. The zero-order valence-electron chi connectivity index (χ0n) is 10.7. The van der Waals surface area contributed by atoms with Gasteiger partial charge in [-0.05, 0) is 35.2 Å². The Balaban J connectivity index is 1.58. The Labute approximate surface area is 120 Å². The molecule has 4 nitrogen and oxygen atoms in total. The summed E-state index contributed by atoms with van der Waals surface area (Å²) in [5, 5.41) is 4.83. The summed E-state index contributed by atoms with van der Waals surface area (Å²) in [5.74, 6) is 1.34. The number of hydrogen-bond donors (Lipinski definition) is 1. The number of amides is 1. The number of ether oxygens (including phenoxy) is 2. The van der Waals surface area contributed by atoms with Gasteiger partial charge in [-0.15, -0.1) is 11.3 Å². The molecule has 0 saturated carbocycles. The topological polar surface area (TPSA) is 47.6 Å². The first-order valence-corrected chi connectivity index (χ1v) is 7.07. The Hall–Kier alpha value is -2.27. The minimum Gasteiger partial charge on any atom is -0.454 e. The van der Waals surface area contributed by atoms with Gasteiger partial charge in [-0.2, -0.15) is 0 Å². The maximum absolute atomic E-state index is 11.7. The number of benzene rings is 1. The summed E-state index contributed by atoms with van der Waals surface area (Å²) >= 11 is 1.62. The standard InChI is InChI=1S/C15H13NO3S/c17-15(16-9-12-2-1-7-20-12)6-4-11-3-5-13-14(8-11)19-10-18-13/h1-8H,9-10H2,(H,16,17)/b6-4-. The van der Waals surface area contributed by atoms with Crippen molar-refractivity contribution in [2.24, 2.45) is 0 Å². The van der Waals surface area contributed by atoms with Gasteiger partial charge in [0, 0.05) is 11.0 Å². The first-order valence-electron chi connectivity index (χ1n) is 6.19. The molecule has 2 aromatic rings. The summed E-state index contributed by atoms with van der Waals surface area (Å²) in [7, 11) is 0. The minimum atomic E-state index is -0.115. The average Bonchev–Trinajstić information content (AvgIpc) is 3.13. The zero-order valence-corrected chi connectivity index (χ0v) is 11.5. The molecule has 0 saturated heterocycles. The molecular formula is C15H13NO3S. The second kappa shape index (κ2) is 5.79. The van der Waals surface area contributed by atoms with E-state index in [0.29, 0.717) is 12.3 Å². The molecule has 0 radical (unpaired) electrons. The molecule has 1 amide bonds. The van der Waals surface area contributed by atoms with Crippen molar-refractivity contribution in [3.8, 4) is 11.5 Å². The van der Waals surface area contributed by atoms with Crippen LogP contribution in [0.3, 0.4) is 0 Å². The molecule has 0 atom stereocenters. The van der Waals surface area contributed by atoms with Gasteiger partial charge in [-0.1, -0.05) is 12.1 Å². The van der Waals surface area contributed by atoms with Gasteiger partial charge in [0.2, 0.25) is 12.7 Å². The van der Waals surface area contributed by atoms with Crippen LogP contribution in [0.25, 0.3) is 6.08 Å². The van der Waals surface area contributed by atoms with Crippen molar-refractivity contribution < 1.29 is 14.3 Å². The Morgan fingerprint density at radius 2 is 2.20 bits per heavy atom. The first kappa shape index (κ1) is 12.7. The number of nitrogens with one attached hydrogen (secondary N) is 1. The fraction of sp³-hybridized carbons (Fsp3) is 0.133. The van der Waals surface area contributed by atoms with Crippen LogP contribution in [0.4, 0.5) is 0 Å². The highest BCUT2D eigenvalue weighted by Crippen LogP contribution is 2.32. The van der Waals surface area contributed by atoms with Gasteiger partial charge in [0.15, 0.2) is 11.5 Å². The van der Waals surface area contributed by atoms with Crippen LogP contribution in [0.15, 0.2) is 41.8 Å². The van der Waals surface area contributed by atoms with Gasteiger partial charge in [0.25, 0.3) is 0 Å². The smallest absolute Gasteiger partial charge is 0.244 e. The largest absolute Gasteiger partial charge is 0.454 e. The lowest BCUT2D eigenvalue weighted by Crippen LogP contribution is -2.19. The van der Waals surface area contributed by atoms with Gasteiger partial charge in [0.05, 0.1) is 6.54 Å². The number of fused-ring (bicyclic) bond motifs is 1. The molecule has 5 heteroatoms. The molecule has 1 aliphatic heterocycles. The van der Waals surface area contributed by atoms with Gasteiger partial charge >= 0.3 is 0 Å². The Kier molecular flexibility index (Phi) is 3.69. The summed E-state index contributed by atoms with van der Waals surface area (Å²) in [5.41, 5.74) is 0.903. The predicted molar refractivity (Wildman–Crippen MR) is 77.8 cm³/mol. The quantitative estimate of drug-likeness (QED) is 0.880. The first-order chi connectivity index (χ1) is 9.81. The van der Waals surface area contributed by atoms with Crippen LogP contribution >= 0.6 is 11.3 Å². The van der Waals surface area contributed by atoms with E-state index in [0.717, 1.165) is 16.2 Å². The van der Waals surface area contributed by atoms with Crippen molar-refractivity contribution in [3.05, 3.63) is 52.2 Å². The van der Waals surface area contributed by atoms with Crippen LogP contribution in [0.5, 0.6) is 11.5 Å². The second-order valence-electron chi connectivity index (χ2n) is 4.24.